The van der Waals surface area contributed by atoms with Crippen LogP contribution < -0.4 is 0 Å². The van der Waals surface area contributed by atoms with Gasteiger partial charge in [0.05, 0.1) is 6.10 Å². The summed E-state index contributed by atoms with van der Waals surface area (Å²) in [7, 11) is 0. The molecule has 20 heavy (non-hydrogen) atoms. The Morgan fingerprint density at radius 3 is 2.15 bits per heavy atom. The van der Waals surface area contributed by atoms with Gasteiger partial charge in [0.15, 0.2) is 6.10 Å². The van der Waals surface area contributed by atoms with Crippen molar-refractivity contribution in [1.82, 2.24) is 0 Å². The van der Waals surface area contributed by atoms with E-state index in [9.17, 15) is 9.59 Å². The van der Waals surface area contributed by atoms with E-state index in [1.54, 1.807) is 6.08 Å². The zero-order valence-corrected chi connectivity index (χ0v) is 12.6. The molecule has 0 N–H and O–H groups in total. The molecule has 114 valence electrons. The molecule has 1 aliphatic rings. The van der Waals surface area contributed by atoms with Crippen LogP contribution in [0.3, 0.4) is 0 Å². The molecule has 1 fully saturated rings. The molecule has 1 heterocycles. The van der Waals surface area contributed by atoms with Crippen LogP contribution in [-0.2, 0) is 23.8 Å². The maximum absolute atomic E-state index is 11.3. The van der Waals surface area contributed by atoms with Gasteiger partial charge < -0.3 is 14.2 Å². The van der Waals surface area contributed by atoms with Crippen molar-refractivity contribution in [1.29, 1.82) is 0 Å². The van der Waals surface area contributed by atoms with Crippen LogP contribution in [0.15, 0.2) is 12.7 Å². The second-order valence-electron chi connectivity index (χ2n) is 5.15. The van der Waals surface area contributed by atoms with Crippen LogP contribution in [0.5, 0.6) is 0 Å². The minimum atomic E-state index is -0.591. The summed E-state index contributed by atoms with van der Waals surface area (Å²) in [5, 5.41) is 0. The van der Waals surface area contributed by atoms with Crippen molar-refractivity contribution >= 4 is 11.9 Å². The van der Waals surface area contributed by atoms with E-state index in [0.717, 1.165) is 6.42 Å². The summed E-state index contributed by atoms with van der Waals surface area (Å²) in [5.41, 5.74) is 0. The topological polar surface area (TPSA) is 61.8 Å². The number of carbonyl (C=O) groups is 2. The van der Waals surface area contributed by atoms with Crippen LogP contribution in [0.4, 0.5) is 0 Å². The number of hydrogen-bond donors (Lipinski definition) is 0. The Labute approximate surface area is 120 Å². The van der Waals surface area contributed by atoms with Crippen molar-refractivity contribution in [2.24, 2.45) is 5.92 Å². The highest BCUT2D eigenvalue weighted by atomic mass is 16.6. The van der Waals surface area contributed by atoms with Crippen molar-refractivity contribution in [3.8, 4) is 0 Å². The second-order valence-corrected chi connectivity index (χ2v) is 5.15. The van der Waals surface area contributed by atoms with E-state index < -0.39 is 18.2 Å². The first-order valence-corrected chi connectivity index (χ1v) is 7.01. The van der Waals surface area contributed by atoms with Gasteiger partial charge in [-0.1, -0.05) is 19.9 Å². The molecule has 0 aliphatic carbocycles. The zero-order chi connectivity index (χ0) is 15.3. The molecular formula is C15H24O5. The van der Waals surface area contributed by atoms with Crippen LogP contribution in [0.2, 0.25) is 0 Å². The Kier molecular flexibility index (Phi) is 6.20. The van der Waals surface area contributed by atoms with Gasteiger partial charge in [0, 0.05) is 19.8 Å². The molecule has 0 radical (unpaired) electrons. The standard InChI is InChI=1S/C15H24O5/c1-6-8-13-15(19-11(5)17)14(18-10(4)16)9(3)12(7-2)20-13/h6,9,12-15H,1,7-8H2,2-5H3/t9-,12-,13-,14+,15+/m1/s1. The lowest BCUT2D eigenvalue weighted by Gasteiger charge is -2.44. The Hall–Kier alpha value is -1.36. The lowest BCUT2D eigenvalue weighted by molar-refractivity contribution is -0.222. The van der Waals surface area contributed by atoms with Crippen molar-refractivity contribution < 1.29 is 23.8 Å². The van der Waals surface area contributed by atoms with E-state index in [1.807, 2.05) is 13.8 Å². The van der Waals surface area contributed by atoms with E-state index in [-0.39, 0.29) is 24.1 Å². The van der Waals surface area contributed by atoms with Crippen molar-refractivity contribution in [3.05, 3.63) is 12.7 Å². The minimum absolute atomic E-state index is 0.0314. The van der Waals surface area contributed by atoms with Gasteiger partial charge in [0.1, 0.15) is 12.2 Å². The van der Waals surface area contributed by atoms with E-state index in [4.69, 9.17) is 14.2 Å². The molecule has 5 nitrogen and oxygen atoms in total. The minimum Gasteiger partial charge on any atom is -0.458 e. The first-order valence-electron chi connectivity index (χ1n) is 7.01. The Balaban J connectivity index is 3.01. The molecule has 0 aromatic heterocycles. The molecule has 1 aliphatic heterocycles. The van der Waals surface area contributed by atoms with Crippen LogP contribution in [0.25, 0.3) is 0 Å². The van der Waals surface area contributed by atoms with Crippen molar-refractivity contribution in [2.75, 3.05) is 0 Å². The van der Waals surface area contributed by atoms with Gasteiger partial charge in [-0.15, -0.1) is 6.58 Å². The summed E-state index contributed by atoms with van der Waals surface area (Å²) in [6.07, 6.45) is 1.62. The Morgan fingerprint density at radius 1 is 1.15 bits per heavy atom. The van der Waals surface area contributed by atoms with Crippen LogP contribution in [-0.4, -0.2) is 36.4 Å². The second kappa shape index (κ2) is 7.43. The summed E-state index contributed by atoms with van der Waals surface area (Å²) in [5.74, 6) is -0.825. The van der Waals surface area contributed by atoms with Gasteiger partial charge in [-0.25, -0.2) is 0 Å². The molecule has 0 spiro atoms. The molecule has 0 bridgehead atoms. The third-order valence-electron chi connectivity index (χ3n) is 3.55. The van der Waals surface area contributed by atoms with Gasteiger partial charge in [-0.2, -0.15) is 0 Å². The normalized spacial score (nSPS) is 33.3. The maximum Gasteiger partial charge on any atom is 0.303 e. The Morgan fingerprint density at radius 2 is 1.70 bits per heavy atom. The molecule has 1 rings (SSSR count). The molecule has 0 unspecified atom stereocenters. The number of esters is 2. The predicted molar refractivity (Wildman–Crippen MR) is 74.0 cm³/mol. The fraction of sp³-hybridized carbons (Fsp3) is 0.733. The van der Waals surface area contributed by atoms with Crippen LogP contribution in [0.1, 0.15) is 40.5 Å². The largest absolute Gasteiger partial charge is 0.458 e. The van der Waals surface area contributed by atoms with E-state index >= 15 is 0 Å². The Bertz CT molecular complexity index is 365. The molecular weight excluding hydrogens is 260 g/mol. The fourth-order valence-electron chi connectivity index (χ4n) is 2.67. The van der Waals surface area contributed by atoms with Crippen molar-refractivity contribution in [3.63, 3.8) is 0 Å². The SMILES string of the molecule is C=CC[C@H]1O[C@H](CC)[C@@H](C)[C@H](OC(C)=O)[C@H]1OC(C)=O. The molecule has 0 amide bonds. The average Bonchev–Trinajstić information content (AvgIpc) is 2.36. The number of rotatable bonds is 5. The van der Waals surface area contributed by atoms with Crippen molar-refractivity contribution in [2.45, 2.75) is 65.0 Å². The third kappa shape index (κ3) is 4.07. The van der Waals surface area contributed by atoms with Gasteiger partial charge in [0.25, 0.3) is 0 Å². The molecule has 0 aromatic carbocycles. The quantitative estimate of drug-likeness (QED) is 0.572. The first-order chi connectivity index (χ1) is 9.40. The summed E-state index contributed by atoms with van der Waals surface area (Å²) >= 11 is 0. The summed E-state index contributed by atoms with van der Waals surface area (Å²) in [6.45, 7) is 10.4. The lowest BCUT2D eigenvalue weighted by atomic mass is 9.85. The summed E-state index contributed by atoms with van der Waals surface area (Å²) in [6, 6.07) is 0. The van der Waals surface area contributed by atoms with Gasteiger partial charge in [0.2, 0.25) is 0 Å². The highest BCUT2D eigenvalue weighted by molar-refractivity contribution is 5.67. The highest BCUT2D eigenvalue weighted by Crippen LogP contribution is 2.33. The molecule has 0 aromatic rings. The van der Waals surface area contributed by atoms with Gasteiger partial charge in [-0.3, -0.25) is 9.59 Å². The molecule has 1 saturated heterocycles. The average molecular weight is 284 g/mol. The molecule has 0 saturated carbocycles. The van der Waals surface area contributed by atoms with E-state index in [1.165, 1.54) is 13.8 Å². The summed E-state index contributed by atoms with van der Waals surface area (Å²) < 4.78 is 16.7. The fourth-order valence-corrected chi connectivity index (χ4v) is 2.67. The third-order valence-corrected chi connectivity index (χ3v) is 3.55. The van der Waals surface area contributed by atoms with Gasteiger partial charge in [-0.05, 0) is 12.8 Å². The maximum atomic E-state index is 11.3. The molecule has 5 heteroatoms. The number of hydrogen-bond acceptors (Lipinski definition) is 5. The van der Waals surface area contributed by atoms with E-state index in [2.05, 4.69) is 6.58 Å². The van der Waals surface area contributed by atoms with Crippen LogP contribution in [0, 0.1) is 5.92 Å². The predicted octanol–water partition coefficient (Wildman–Crippen LogP) is 2.24. The number of ether oxygens (including phenoxy) is 3. The zero-order valence-electron chi connectivity index (χ0n) is 12.6. The van der Waals surface area contributed by atoms with Gasteiger partial charge >= 0.3 is 11.9 Å². The van der Waals surface area contributed by atoms with E-state index in [0.29, 0.717) is 6.42 Å². The smallest absolute Gasteiger partial charge is 0.303 e. The molecule has 5 atom stereocenters. The first kappa shape index (κ1) is 16.7. The summed E-state index contributed by atoms with van der Waals surface area (Å²) in [4.78, 5) is 22.6. The van der Waals surface area contributed by atoms with Crippen LogP contribution >= 0.6 is 0 Å². The monoisotopic (exact) mass is 284 g/mol. The number of carbonyl (C=O) groups excluding carboxylic acids is 2. The highest BCUT2D eigenvalue weighted by Gasteiger charge is 2.46. The lowest BCUT2D eigenvalue weighted by Crippen LogP contribution is -2.56.